The van der Waals surface area contributed by atoms with E-state index in [2.05, 4.69) is 20.4 Å². The number of hydrogen-bond acceptors (Lipinski definition) is 5. The molecule has 32 heavy (non-hydrogen) atoms. The van der Waals surface area contributed by atoms with Crippen molar-refractivity contribution < 1.29 is 14.3 Å². The maximum Gasteiger partial charge on any atom is 0.246 e. The number of nitrogens with one attached hydrogen (secondary N) is 2. The second-order valence-corrected chi connectivity index (χ2v) is 8.66. The Morgan fingerprint density at radius 3 is 2.44 bits per heavy atom. The average Bonchev–Trinajstić information content (AvgIpc) is 3.60. The maximum absolute atomic E-state index is 13.5. The van der Waals surface area contributed by atoms with Crippen LogP contribution in [0, 0.1) is 6.92 Å². The van der Waals surface area contributed by atoms with E-state index in [1.165, 1.54) is 0 Å². The number of carbonyl (C=O) groups excluding carboxylic acids is 2. The predicted molar refractivity (Wildman–Crippen MR) is 125 cm³/mol. The van der Waals surface area contributed by atoms with Crippen LogP contribution in [-0.2, 0) is 9.59 Å². The van der Waals surface area contributed by atoms with Gasteiger partial charge in [0.05, 0.1) is 19.3 Å². The zero-order valence-corrected chi connectivity index (χ0v) is 18.8. The molecule has 1 aliphatic heterocycles. The summed E-state index contributed by atoms with van der Waals surface area (Å²) in [6.45, 7) is 5.35. The van der Waals surface area contributed by atoms with Crippen LogP contribution in [0.1, 0.15) is 30.0 Å². The molecule has 2 fully saturated rings. The Hall–Kier alpha value is -2.90. The van der Waals surface area contributed by atoms with Crippen LogP contribution in [0.25, 0.3) is 0 Å². The summed E-state index contributed by atoms with van der Waals surface area (Å²) < 4.78 is 5.44. The monoisotopic (exact) mass is 436 g/mol. The van der Waals surface area contributed by atoms with Crippen molar-refractivity contribution in [3.63, 3.8) is 0 Å². The van der Waals surface area contributed by atoms with Crippen molar-refractivity contribution >= 4 is 17.5 Å². The normalized spacial score (nSPS) is 18.1. The summed E-state index contributed by atoms with van der Waals surface area (Å²) in [4.78, 5) is 30.0. The van der Waals surface area contributed by atoms with Gasteiger partial charge in [0.1, 0.15) is 11.8 Å². The van der Waals surface area contributed by atoms with Gasteiger partial charge in [0.15, 0.2) is 0 Å². The van der Waals surface area contributed by atoms with Gasteiger partial charge < -0.3 is 15.4 Å². The average molecular weight is 437 g/mol. The molecule has 2 N–H and O–H groups in total. The molecule has 1 atom stereocenters. The SMILES string of the molecule is COc1ccc(C)cc1NC(=O)[C@H](c1ccccc1)N1CCN(CC(=O)NC2CC2)CC1. The number of nitrogens with zero attached hydrogens (tertiary/aromatic N) is 2. The summed E-state index contributed by atoms with van der Waals surface area (Å²) in [6.07, 6.45) is 2.19. The summed E-state index contributed by atoms with van der Waals surface area (Å²) in [5, 5.41) is 6.14. The first kappa shape index (κ1) is 22.3. The lowest BCUT2D eigenvalue weighted by Gasteiger charge is -2.38. The van der Waals surface area contributed by atoms with E-state index in [4.69, 9.17) is 4.74 Å². The minimum absolute atomic E-state index is 0.0833. The molecule has 0 bridgehead atoms. The highest BCUT2D eigenvalue weighted by Gasteiger charge is 2.32. The number of benzene rings is 2. The molecule has 1 saturated heterocycles. The lowest BCUT2D eigenvalue weighted by Crippen LogP contribution is -2.52. The van der Waals surface area contributed by atoms with Crippen molar-refractivity contribution in [1.82, 2.24) is 15.1 Å². The molecular weight excluding hydrogens is 404 g/mol. The number of piperazine rings is 1. The molecule has 4 rings (SSSR count). The van der Waals surface area contributed by atoms with Crippen LogP contribution in [0.4, 0.5) is 5.69 Å². The van der Waals surface area contributed by atoms with Gasteiger partial charge in [0.2, 0.25) is 11.8 Å². The second kappa shape index (κ2) is 10.1. The number of aryl methyl sites for hydroxylation is 1. The first-order chi connectivity index (χ1) is 15.5. The quantitative estimate of drug-likeness (QED) is 0.665. The fourth-order valence-corrected chi connectivity index (χ4v) is 4.17. The van der Waals surface area contributed by atoms with E-state index in [1.807, 2.05) is 55.5 Å². The summed E-state index contributed by atoms with van der Waals surface area (Å²) >= 11 is 0. The lowest BCUT2D eigenvalue weighted by atomic mass is 10.0. The Kier molecular flexibility index (Phi) is 7.07. The van der Waals surface area contributed by atoms with E-state index in [-0.39, 0.29) is 11.8 Å². The number of amides is 2. The Bertz CT molecular complexity index is 937. The summed E-state index contributed by atoms with van der Waals surface area (Å²) in [7, 11) is 1.60. The smallest absolute Gasteiger partial charge is 0.246 e. The van der Waals surface area contributed by atoms with Crippen molar-refractivity contribution in [3.8, 4) is 5.75 Å². The molecular formula is C25H32N4O3. The first-order valence-electron chi connectivity index (χ1n) is 11.3. The topological polar surface area (TPSA) is 73.9 Å². The third kappa shape index (κ3) is 5.66. The van der Waals surface area contributed by atoms with Gasteiger partial charge >= 0.3 is 0 Å². The molecule has 1 aliphatic carbocycles. The third-order valence-electron chi connectivity index (χ3n) is 6.06. The fraction of sp³-hybridized carbons (Fsp3) is 0.440. The molecule has 2 aromatic rings. The molecule has 7 nitrogen and oxygen atoms in total. The highest BCUT2D eigenvalue weighted by atomic mass is 16.5. The van der Waals surface area contributed by atoms with Crippen molar-refractivity contribution in [2.75, 3.05) is 45.2 Å². The van der Waals surface area contributed by atoms with Crippen molar-refractivity contribution in [1.29, 1.82) is 0 Å². The van der Waals surface area contributed by atoms with Crippen molar-refractivity contribution in [2.24, 2.45) is 0 Å². The Balaban J connectivity index is 1.45. The molecule has 0 aromatic heterocycles. The third-order valence-corrected chi connectivity index (χ3v) is 6.06. The van der Waals surface area contributed by atoms with Gasteiger partial charge in [-0.3, -0.25) is 19.4 Å². The van der Waals surface area contributed by atoms with Gasteiger partial charge in [-0.25, -0.2) is 0 Å². The molecule has 0 unspecified atom stereocenters. The van der Waals surface area contributed by atoms with Crippen LogP contribution >= 0.6 is 0 Å². The van der Waals surface area contributed by atoms with Crippen LogP contribution < -0.4 is 15.4 Å². The molecule has 170 valence electrons. The van der Waals surface area contributed by atoms with E-state index in [9.17, 15) is 9.59 Å². The molecule has 2 amide bonds. The lowest BCUT2D eigenvalue weighted by molar-refractivity contribution is -0.125. The molecule has 7 heteroatoms. The van der Waals surface area contributed by atoms with E-state index in [0.29, 0.717) is 37.1 Å². The number of carbonyl (C=O) groups is 2. The Morgan fingerprint density at radius 2 is 1.78 bits per heavy atom. The van der Waals surface area contributed by atoms with E-state index in [0.717, 1.165) is 37.1 Å². The highest BCUT2D eigenvalue weighted by Crippen LogP contribution is 2.29. The number of anilines is 1. The maximum atomic E-state index is 13.5. The number of rotatable bonds is 8. The highest BCUT2D eigenvalue weighted by molar-refractivity contribution is 5.96. The Morgan fingerprint density at radius 1 is 1.06 bits per heavy atom. The van der Waals surface area contributed by atoms with Crippen molar-refractivity contribution in [2.45, 2.75) is 31.8 Å². The van der Waals surface area contributed by atoms with Crippen LogP contribution in [0.5, 0.6) is 5.75 Å². The largest absolute Gasteiger partial charge is 0.495 e. The number of methoxy groups -OCH3 is 1. The zero-order chi connectivity index (χ0) is 22.5. The van der Waals surface area contributed by atoms with Crippen LogP contribution in [0.15, 0.2) is 48.5 Å². The Labute approximate surface area is 189 Å². The van der Waals surface area contributed by atoms with Gasteiger partial charge in [0.25, 0.3) is 0 Å². The summed E-state index contributed by atoms with van der Waals surface area (Å²) in [5.41, 5.74) is 2.68. The van der Waals surface area contributed by atoms with Gasteiger partial charge in [-0.1, -0.05) is 36.4 Å². The van der Waals surface area contributed by atoms with Crippen LogP contribution in [-0.4, -0.2) is 67.5 Å². The van der Waals surface area contributed by atoms with E-state index in [1.54, 1.807) is 7.11 Å². The van der Waals surface area contributed by atoms with Crippen LogP contribution in [0.2, 0.25) is 0 Å². The minimum Gasteiger partial charge on any atom is -0.495 e. The molecule has 0 spiro atoms. The van der Waals surface area contributed by atoms with Gasteiger partial charge in [-0.2, -0.15) is 0 Å². The molecule has 2 aliphatic rings. The number of hydrogen-bond donors (Lipinski definition) is 2. The molecule has 1 heterocycles. The number of ether oxygens (including phenoxy) is 1. The van der Waals surface area contributed by atoms with E-state index >= 15 is 0 Å². The summed E-state index contributed by atoms with van der Waals surface area (Å²) in [5.74, 6) is 0.659. The minimum atomic E-state index is -0.413. The van der Waals surface area contributed by atoms with Gasteiger partial charge in [-0.05, 0) is 43.0 Å². The molecule has 0 radical (unpaired) electrons. The fourth-order valence-electron chi connectivity index (χ4n) is 4.17. The molecule has 1 saturated carbocycles. The predicted octanol–water partition coefficient (Wildman–Crippen LogP) is 2.58. The van der Waals surface area contributed by atoms with Gasteiger partial charge in [-0.15, -0.1) is 0 Å². The van der Waals surface area contributed by atoms with Gasteiger partial charge in [0, 0.05) is 32.2 Å². The van der Waals surface area contributed by atoms with E-state index < -0.39 is 6.04 Å². The second-order valence-electron chi connectivity index (χ2n) is 8.66. The summed E-state index contributed by atoms with van der Waals surface area (Å²) in [6, 6.07) is 15.6. The van der Waals surface area contributed by atoms with Crippen molar-refractivity contribution in [3.05, 3.63) is 59.7 Å². The molecule has 2 aromatic carbocycles. The first-order valence-corrected chi connectivity index (χ1v) is 11.3. The van der Waals surface area contributed by atoms with Crippen LogP contribution in [0.3, 0.4) is 0 Å². The standard InChI is InChI=1S/C25H32N4O3/c1-18-8-11-22(32-2)21(16-18)27-25(31)24(19-6-4-3-5-7-19)29-14-12-28(13-15-29)17-23(30)26-20-9-10-20/h3-8,11,16,20,24H,9-10,12-15,17H2,1-2H3,(H,26,30)(H,27,31)/t24-/m0/s1. The zero-order valence-electron chi connectivity index (χ0n) is 18.8.